The summed E-state index contributed by atoms with van der Waals surface area (Å²) in [5.41, 5.74) is 2.26. The van der Waals surface area contributed by atoms with Crippen LogP contribution in [0, 0.1) is 5.92 Å². The predicted molar refractivity (Wildman–Crippen MR) is 121 cm³/mol. The van der Waals surface area contributed by atoms with Gasteiger partial charge in [0.2, 0.25) is 11.8 Å². The summed E-state index contributed by atoms with van der Waals surface area (Å²) in [6, 6.07) is 14.4. The number of hydrogen-bond donors (Lipinski definition) is 3. The number of anilines is 2. The van der Waals surface area contributed by atoms with Crippen LogP contribution in [-0.2, 0) is 16.0 Å². The van der Waals surface area contributed by atoms with E-state index in [1.807, 2.05) is 18.2 Å². The Morgan fingerprint density at radius 3 is 2.31 bits per heavy atom. The quantitative estimate of drug-likeness (QED) is 0.590. The first-order valence-corrected chi connectivity index (χ1v) is 10.5. The molecule has 0 radical (unpaired) electrons. The van der Waals surface area contributed by atoms with Gasteiger partial charge in [0.15, 0.2) is 5.11 Å². The van der Waals surface area contributed by atoms with Crippen molar-refractivity contribution >= 4 is 52.1 Å². The summed E-state index contributed by atoms with van der Waals surface area (Å²) in [5, 5.41) is 9.47. The summed E-state index contributed by atoms with van der Waals surface area (Å²) in [6.45, 7) is 0. The Hall–Kier alpha value is -2.44. The standard InChI is InChI=1S/C22H24ClN3O2S/c23-17-11-9-15(10-12-17)13-20(27)26-22(29)25-19-8-4-7-18(14-19)24-21(28)16-5-2-1-3-6-16/h4,7-12,14,16H,1-3,5-6,13H2,(H,24,28)(H2,25,26,27,29). The van der Waals surface area contributed by atoms with Crippen LogP contribution in [-0.4, -0.2) is 16.9 Å². The van der Waals surface area contributed by atoms with Crippen molar-refractivity contribution in [1.29, 1.82) is 0 Å². The molecule has 0 heterocycles. The lowest BCUT2D eigenvalue weighted by Gasteiger charge is -2.21. The molecule has 0 bridgehead atoms. The highest BCUT2D eigenvalue weighted by molar-refractivity contribution is 7.80. The molecule has 3 N–H and O–H groups in total. The number of benzene rings is 2. The predicted octanol–water partition coefficient (Wildman–Crippen LogP) is 4.91. The molecule has 5 nitrogen and oxygen atoms in total. The average Bonchev–Trinajstić information content (AvgIpc) is 2.70. The number of nitrogens with one attached hydrogen (secondary N) is 3. The van der Waals surface area contributed by atoms with Crippen LogP contribution in [0.25, 0.3) is 0 Å². The lowest BCUT2D eigenvalue weighted by molar-refractivity contribution is -0.121. The van der Waals surface area contributed by atoms with Crippen molar-refractivity contribution in [2.75, 3.05) is 10.6 Å². The number of rotatable bonds is 5. The van der Waals surface area contributed by atoms with Crippen LogP contribution in [0.3, 0.4) is 0 Å². The summed E-state index contributed by atoms with van der Waals surface area (Å²) in [5.74, 6) is -0.0548. The maximum Gasteiger partial charge on any atom is 0.230 e. The van der Waals surface area contributed by atoms with E-state index >= 15 is 0 Å². The van der Waals surface area contributed by atoms with Crippen LogP contribution in [0.1, 0.15) is 37.7 Å². The normalized spacial score (nSPS) is 14.1. The van der Waals surface area contributed by atoms with Crippen LogP contribution in [0.5, 0.6) is 0 Å². The minimum Gasteiger partial charge on any atom is -0.332 e. The number of hydrogen-bond acceptors (Lipinski definition) is 3. The zero-order valence-electron chi connectivity index (χ0n) is 16.0. The van der Waals surface area contributed by atoms with Crippen molar-refractivity contribution in [3.63, 3.8) is 0 Å². The van der Waals surface area contributed by atoms with E-state index in [1.54, 1.807) is 30.3 Å². The highest BCUT2D eigenvalue weighted by Crippen LogP contribution is 2.25. The molecule has 0 aliphatic heterocycles. The van der Waals surface area contributed by atoms with E-state index < -0.39 is 0 Å². The fourth-order valence-electron chi connectivity index (χ4n) is 3.40. The summed E-state index contributed by atoms with van der Waals surface area (Å²) < 4.78 is 0. The van der Waals surface area contributed by atoms with Crippen molar-refractivity contribution in [3.05, 3.63) is 59.1 Å². The molecule has 1 aliphatic rings. The number of amides is 2. The van der Waals surface area contributed by atoms with E-state index in [0.29, 0.717) is 16.4 Å². The van der Waals surface area contributed by atoms with Gasteiger partial charge in [0.1, 0.15) is 0 Å². The first-order valence-electron chi connectivity index (χ1n) is 9.76. The first kappa shape index (κ1) is 21.3. The van der Waals surface area contributed by atoms with Gasteiger partial charge in [0.25, 0.3) is 0 Å². The van der Waals surface area contributed by atoms with Gasteiger partial charge in [-0.15, -0.1) is 0 Å². The zero-order chi connectivity index (χ0) is 20.6. The lowest BCUT2D eigenvalue weighted by atomic mass is 9.88. The number of carbonyl (C=O) groups excluding carboxylic acids is 2. The van der Waals surface area contributed by atoms with Gasteiger partial charge < -0.3 is 16.0 Å². The number of thiocarbonyl (C=S) groups is 1. The van der Waals surface area contributed by atoms with E-state index in [0.717, 1.165) is 31.2 Å². The van der Waals surface area contributed by atoms with E-state index in [4.69, 9.17) is 23.8 Å². The molecule has 0 spiro atoms. The first-order chi connectivity index (χ1) is 14.0. The molecule has 1 saturated carbocycles. The van der Waals surface area contributed by atoms with Gasteiger partial charge in [0, 0.05) is 22.3 Å². The van der Waals surface area contributed by atoms with E-state index in [1.165, 1.54) is 6.42 Å². The molecule has 0 unspecified atom stereocenters. The Morgan fingerprint density at radius 2 is 1.62 bits per heavy atom. The van der Waals surface area contributed by atoms with Gasteiger partial charge in [-0.05, 0) is 61.0 Å². The second-order valence-electron chi connectivity index (χ2n) is 7.21. The van der Waals surface area contributed by atoms with Crippen LogP contribution in [0.4, 0.5) is 11.4 Å². The molecule has 0 aromatic heterocycles. The lowest BCUT2D eigenvalue weighted by Crippen LogP contribution is -2.35. The molecular formula is C22H24ClN3O2S. The Balaban J connectivity index is 1.50. The van der Waals surface area contributed by atoms with E-state index in [-0.39, 0.29) is 29.3 Å². The third-order valence-corrected chi connectivity index (χ3v) is 5.35. The third-order valence-electron chi connectivity index (χ3n) is 4.89. The Morgan fingerprint density at radius 1 is 0.966 bits per heavy atom. The van der Waals surface area contributed by atoms with Crippen LogP contribution in [0.15, 0.2) is 48.5 Å². The fourth-order valence-corrected chi connectivity index (χ4v) is 3.76. The largest absolute Gasteiger partial charge is 0.332 e. The third kappa shape index (κ3) is 6.84. The minimum absolute atomic E-state index is 0.0701. The monoisotopic (exact) mass is 429 g/mol. The zero-order valence-corrected chi connectivity index (χ0v) is 17.6. The molecule has 3 rings (SSSR count). The molecule has 1 aliphatic carbocycles. The van der Waals surface area contributed by atoms with E-state index in [2.05, 4.69) is 16.0 Å². The molecule has 7 heteroatoms. The number of halogens is 1. The highest BCUT2D eigenvalue weighted by Gasteiger charge is 2.21. The van der Waals surface area contributed by atoms with Crippen LogP contribution >= 0.6 is 23.8 Å². The van der Waals surface area contributed by atoms with Crippen molar-refractivity contribution < 1.29 is 9.59 Å². The molecule has 0 saturated heterocycles. The van der Waals surface area contributed by atoms with Crippen LogP contribution < -0.4 is 16.0 Å². The molecule has 29 heavy (non-hydrogen) atoms. The SMILES string of the molecule is O=C(Cc1ccc(Cl)cc1)NC(=S)Nc1cccc(NC(=O)C2CCCCC2)c1. The smallest absolute Gasteiger partial charge is 0.230 e. The summed E-state index contributed by atoms with van der Waals surface area (Å²) >= 11 is 11.1. The van der Waals surface area contributed by atoms with E-state index in [9.17, 15) is 9.59 Å². The van der Waals surface area contributed by atoms with Crippen molar-refractivity contribution in [2.45, 2.75) is 38.5 Å². The maximum absolute atomic E-state index is 12.4. The molecule has 2 amide bonds. The van der Waals surface area contributed by atoms with Crippen molar-refractivity contribution in [2.24, 2.45) is 5.92 Å². The summed E-state index contributed by atoms with van der Waals surface area (Å²) in [7, 11) is 0. The Kier molecular flexibility index (Phi) is 7.61. The molecule has 2 aromatic carbocycles. The van der Waals surface area contributed by atoms with Crippen molar-refractivity contribution in [3.8, 4) is 0 Å². The highest BCUT2D eigenvalue weighted by atomic mass is 35.5. The van der Waals surface area contributed by atoms with Gasteiger partial charge in [-0.1, -0.05) is 49.1 Å². The Labute approximate surface area is 181 Å². The summed E-state index contributed by atoms with van der Waals surface area (Å²) in [4.78, 5) is 24.6. The van der Waals surface area contributed by atoms with Gasteiger partial charge in [0.05, 0.1) is 6.42 Å². The van der Waals surface area contributed by atoms with Gasteiger partial charge >= 0.3 is 0 Å². The molecule has 1 fully saturated rings. The second-order valence-corrected chi connectivity index (χ2v) is 8.06. The molecule has 2 aromatic rings. The molecule has 0 atom stereocenters. The van der Waals surface area contributed by atoms with Gasteiger partial charge in [-0.25, -0.2) is 0 Å². The topological polar surface area (TPSA) is 70.2 Å². The molecular weight excluding hydrogens is 406 g/mol. The maximum atomic E-state index is 12.4. The van der Waals surface area contributed by atoms with Crippen LogP contribution in [0.2, 0.25) is 5.02 Å². The fraction of sp³-hybridized carbons (Fsp3) is 0.318. The van der Waals surface area contributed by atoms with Gasteiger partial charge in [-0.3, -0.25) is 9.59 Å². The average molecular weight is 430 g/mol. The van der Waals surface area contributed by atoms with Gasteiger partial charge in [-0.2, -0.15) is 0 Å². The molecule has 152 valence electrons. The number of carbonyl (C=O) groups is 2. The Bertz CT molecular complexity index is 880. The van der Waals surface area contributed by atoms with Crippen molar-refractivity contribution in [1.82, 2.24) is 5.32 Å². The second kappa shape index (κ2) is 10.4. The minimum atomic E-state index is -0.216. The summed E-state index contributed by atoms with van der Waals surface area (Å²) in [6.07, 6.45) is 5.55.